The number of amides is 1. The maximum Gasteiger partial charge on any atom is 0.418 e. The Morgan fingerprint density at radius 1 is 1.35 bits per heavy atom. The van der Waals surface area contributed by atoms with E-state index in [1.807, 2.05) is 0 Å². The van der Waals surface area contributed by atoms with Gasteiger partial charge in [-0.1, -0.05) is 13.0 Å². The van der Waals surface area contributed by atoms with Gasteiger partial charge >= 0.3 is 6.18 Å². The summed E-state index contributed by atoms with van der Waals surface area (Å²) in [6, 6.07) is 3.79. The van der Waals surface area contributed by atoms with Crippen molar-refractivity contribution in [2.75, 3.05) is 17.2 Å². The van der Waals surface area contributed by atoms with Crippen molar-refractivity contribution in [1.29, 1.82) is 0 Å². The Morgan fingerprint density at radius 2 is 2.06 bits per heavy atom. The van der Waals surface area contributed by atoms with Crippen molar-refractivity contribution < 1.29 is 18.0 Å². The van der Waals surface area contributed by atoms with Gasteiger partial charge in [0, 0.05) is 6.54 Å². The van der Waals surface area contributed by atoms with E-state index >= 15 is 0 Å². The molecule has 1 aromatic carbocycles. The third kappa shape index (κ3) is 2.20. The molecule has 2 N–H and O–H groups in total. The summed E-state index contributed by atoms with van der Waals surface area (Å²) in [7, 11) is 0. The Morgan fingerprint density at radius 3 is 2.71 bits per heavy atom. The number of carbonyl (C=O) groups is 1. The minimum atomic E-state index is -4.48. The van der Waals surface area contributed by atoms with Crippen molar-refractivity contribution in [3.63, 3.8) is 0 Å². The summed E-state index contributed by atoms with van der Waals surface area (Å²) in [6.07, 6.45) is -4.48. The summed E-state index contributed by atoms with van der Waals surface area (Å²) >= 11 is 0. The van der Waals surface area contributed by atoms with Crippen LogP contribution in [0.2, 0.25) is 0 Å². The van der Waals surface area contributed by atoms with E-state index in [4.69, 9.17) is 0 Å². The molecule has 2 rings (SSSR count). The summed E-state index contributed by atoms with van der Waals surface area (Å²) in [5, 5.41) is 5.16. The molecule has 1 heterocycles. The molecule has 92 valence electrons. The van der Waals surface area contributed by atoms with E-state index in [1.165, 1.54) is 12.1 Å². The molecule has 1 amide bonds. The van der Waals surface area contributed by atoms with E-state index in [2.05, 4.69) is 10.6 Å². The number of hydrogen-bond acceptors (Lipinski definition) is 2. The van der Waals surface area contributed by atoms with Gasteiger partial charge in [0.2, 0.25) is 5.91 Å². The first kappa shape index (κ1) is 11.8. The number of fused-ring (bicyclic) bond motifs is 1. The topological polar surface area (TPSA) is 41.1 Å². The van der Waals surface area contributed by atoms with Crippen molar-refractivity contribution in [2.45, 2.75) is 13.1 Å². The number of carbonyl (C=O) groups excluding carboxylic acids is 1. The van der Waals surface area contributed by atoms with Crippen LogP contribution in [-0.4, -0.2) is 12.5 Å². The molecule has 6 heteroatoms. The second-order valence-corrected chi connectivity index (χ2v) is 4.00. The molecule has 0 fully saturated rings. The third-order valence-corrected chi connectivity index (χ3v) is 2.66. The fourth-order valence-corrected chi connectivity index (χ4v) is 1.67. The Hall–Kier alpha value is -1.72. The van der Waals surface area contributed by atoms with E-state index in [0.29, 0.717) is 12.2 Å². The third-order valence-electron chi connectivity index (χ3n) is 2.66. The molecule has 1 aliphatic rings. The minimum absolute atomic E-state index is 0.186. The summed E-state index contributed by atoms with van der Waals surface area (Å²) < 4.78 is 38.3. The Bertz CT molecular complexity index is 457. The van der Waals surface area contributed by atoms with Crippen molar-refractivity contribution in [3.05, 3.63) is 23.8 Å². The molecular formula is C11H11F3N2O. The van der Waals surface area contributed by atoms with Gasteiger partial charge in [0.1, 0.15) is 0 Å². The number of anilines is 2. The molecule has 17 heavy (non-hydrogen) atoms. The van der Waals surface area contributed by atoms with Crippen LogP contribution in [0.1, 0.15) is 12.5 Å². The van der Waals surface area contributed by atoms with E-state index < -0.39 is 17.6 Å². The van der Waals surface area contributed by atoms with E-state index in [9.17, 15) is 18.0 Å². The van der Waals surface area contributed by atoms with Crippen LogP contribution >= 0.6 is 0 Å². The molecule has 0 spiro atoms. The van der Waals surface area contributed by atoms with Gasteiger partial charge in [-0.25, -0.2) is 0 Å². The molecule has 3 nitrogen and oxygen atoms in total. The first-order valence-corrected chi connectivity index (χ1v) is 5.14. The highest BCUT2D eigenvalue weighted by atomic mass is 19.4. The largest absolute Gasteiger partial charge is 0.418 e. The zero-order valence-corrected chi connectivity index (χ0v) is 9.06. The first-order valence-electron chi connectivity index (χ1n) is 5.14. The number of nitrogens with one attached hydrogen (secondary N) is 2. The van der Waals surface area contributed by atoms with E-state index in [-0.39, 0.29) is 11.6 Å². The molecule has 0 bridgehead atoms. The number of halogens is 3. The molecule has 0 saturated carbocycles. The summed E-state index contributed by atoms with van der Waals surface area (Å²) in [5.74, 6) is -0.781. The van der Waals surface area contributed by atoms with Gasteiger partial charge in [-0.3, -0.25) is 4.79 Å². The second kappa shape index (κ2) is 3.94. The lowest BCUT2D eigenvalue weighted by molar-refractivity contribution is -0.136. The molecular weight excluding hydrogens is 233 g/mol. The predicted molar refractivity (Wildman–Crippen MR) is 57.7 cm³/mol. The van der Waals surface area contributed by atoms with Gasteiger partial charge in [-0.2, -0.15) is 13.2 Å². The van der Waals surface area contributed by atoms with Gasteiger partial charge < -0.3 is 10.6 Å². The lowest BCUT2D eigenvalue weighted by atomic mass is 10.1. The molecule has 1 aromatic rings. The van der Waals surface area contributed by atoms with Crippen LogP contribution in [0.5, 0.6) is 0 Å². The number of hydrogen-bond donors (Lipinski definition) is 2. The van der Waals surface area contributed by atoms with Gasteiger partial charge in [0.05, 0.1) is 22.9 Å². The highest BCUT2D eigenvalue weighted by Gasteiger charge is 2.36. The Kier molecular flexibility index (Phi) is 2.73. The average Bonchev–Trinajstić information content (AvgIpc) is 2.38. The number of rotatable bonds is 0. The van der Waals surface area contributed by atoms with Crippen LogP contribution in [0.25, 0.3) is 0 Å². The van der Waals surface area contributed by atoms with Gasteiger partial charge in [0.15, 0.2) is 0 Å². The fourth-order valence-electron chi connectivity index (χ4n) is 1.67. The molecule has 0 aromatic heterocycles. The summed E-state index contributed by atoms with van der Waals surface area (Å²) in [5.41, 5.74) is -0.711. The fraction of sp³-hybridized carbons (Fsp3) is 0.364. The molecule has 1 unspecified atom stereocenters. The highest BCUT2D eigenvalue weighted by Crippen LogP contribution is 2.39. The maximum absolute atomic E-state index is 12.8. The van der Waals surface area contributed by atoms with Crippen molar-refractivity contribution in [2.24, 2.45) is 5.92 Å². The lowest BCUT2D eigenvalue weighted by Gasteiger charge is -2.15. The zero-order valence-electron chi connectivity index (χ0n) is 9.06. The molecule has 1 aliphatic heterocycles. The van der Waals surface area contributed by atoms with Gasteiger partial charge in [-0.15, -0.1) is 0 Å². The first-order chi connectivity index (χ1) is 7.89. The second-order valence-electron chi connectivity index (χ2n) is 4.00. The molecule has 0 radical (unpaired) electrons. The SMILES string of the molecule is CC1CNc2cccc(C(F)(F)F)c2NC1=O. The Labute approximate surface area is 96.0 Å². The average molecular weight is 244 g/mol. The predicted octanol–water partition coefficient (Wildman–Crippen LogP) is 2.71. The summed E-state index contributed by atoms with van der Waals surface area (Å²) in [4.78, 5) is 11.5. The minimum Gasteiger partial charge on any atom is -0.383 e. The number of alkyl halides is 3. The lowest BCUT2D eigenvalue weighted by Crippen LogP contribution is -2.23. The van der Waals surface area contributed by atoms with Gasteiger partial charge in [0.25, 0.3) is 0 Å². The van der Waals surface area contributed by atoms with Crippen molar-refractivity contribution in [1.82, 2.24) is 0 Å². The Balaban J connectivity index is 2.51. The quantitative estimate of drug-likeness (QED) is 0.736. The monoisotopic (exact) mass is 244 g/mol. The van der Waals surface area contributed by atoms with Crippen LogP contribution in [-0.2, 0) is 11.0 Å². The van der Waals surface area contributed by atoms with Crippen LogP contribution < -0.4 is 10.6 Å². The summed E-state index contributed by atoms with van der Waals surface area (Å²) in [6.45, 7) is 1.97. The van der Waals surface area contributed by atoms with E-state index in [0.717, 1.165) is 6.07 Å². The molecule has 0 aliphatic carbocycles. The molecule has 1 atom stereocenters. The maximum atomic E-state index is 12.8. The number of para-hydroxylation sites is 1. The highest BCUT2D eigenvalue weighted by molar-refractivity contribution is 5.98. The van der Waals surface area contributed by atoms with Gasteiger partial charge in [-0.05, 0) is 12.1 Å². The standard InChI is InChI=1S/C11H11F3N2O/c1-6-5-15-8-4-2-3-7(11(12,13)14)9(8)16-10(6)17/h2-4,6,15H,5H2,1H3,(H,16,17). The van der Waals surface area contributed by atoms with E-state index in [1.54, 1.807) is 6.92 Å². The van der Waals surface area contributed by atoms with Crippen molar-refractivity contribution >= 4 is 17.3 Å². The number of benzene rings is 1. The van der Waals surface area contributed by atoms with Crippen LogP contribution in [0.15, 0.2) is 18.2 Å². The normalized spacial score (nSPS) is 20.0. The molecule has 0 saturated heterocycles. The zero-order chi connectivity index (χ0) is 12.6. The van der Waals surface area contributed by atoms with Crippen LogP contribution in [0.4, 0.5) is 24.5 Å². The smallest absolute Gasteiger partial charge is 0.383 e. The van der Waals surface area contributed by atoms with Crippen LogP contribution in [0, 0.1) is 5.92 Å². The van der Waals surface area contributed by atoms with Crippen LogP contribution in [0.3, 0.4) is 0 Å². The van der Waals surface area contributed by atoms with Crippen molar-refractivity contribution in [3.8, 4) is 0 Å².